The predicted molar refractivity (Wildman–Crippen MR) is 136 cm³/mol. The van der Waals surface area contributed by atoms with Gasteiger partial charge in [-0.05, 0) is 39.8 Å². The Kier molecular flexibility index (Phi) is 6.78. The number of thioether (sulfide) groups is 2. The molecule has 30 heavy (non-hydrogen) atoms. The van der Waals surface area contributed by atoms with E-state index < -0.39 is 0 Å². The molecule has 148 valence electrons. The van der Waals surface area contributed by atoms with Gasteiger partial charge in [0, 0.05) is 26.7 Å². The summed E-state index contributed by atoms with van der Waals surface area (Å²) in [5.74, 6) is 1.88. The molecule has 2 heteroatoms. The van der Waals surface area contributed by atoms with Crippen LogP contribution in [0.2, 0.25) is 0 Å². The second-order valence-electron chi connectivity index (χ2n) is 7.04. The molecular weight excluding hydrogens is 400 g/mol. The van der Waals surface area contributed by atoms with E-state index in [1.807, 2.05) is 35.7 Å². The van der Waals surface area contributed by atoms with E-state index in [2.05, 4.69) is 98.1 Å². The van der Waals surface area contributed by atoms with Crippen LogP contribution in [0.3, 0.4) is 0 Å². The minimum absolute atomic E-state index is 0.932. The van der Waals surface area contributed by atoms with E-state index in [-0.39, 0.29) is 0 Å². The molecule has 0 aliphatic rings. The Morgan fingerprint density at radius 2 is 1.37 bits per heavy atom. The molecule has 0 spiro atoms. The lowest BCUT2D eigenvalue weighted by Crippen LogP contribution is -1.88. The zero-order valence-electron chi connectivity index (χ0n) is 16.9. The molecule has 0 saturated heterocycles. The highest BCUT2D eigenvalue weighted by Crippen LogP contribution is 2.38. The Bertz CT molecular complexity index is 1180. The summed E-state index contributed by atoms with van der Waals surface area (Å²) in [6.07, 6.45) is 3.85. The molecule has 4 aromatic rings. The van der Waals surface area contributed by atoms with E-state index >= 15 is 0 Å². The highest BCUT2D eigenvalue weighted by atomic mass is 32.2. The van der Waals surface area contributed by atoms with Gasteiger partial charge in [-0.25, -0.2) is 0 Å². The molecule has 0 unspecified atom stereocenters. The zero-order valence-corrected chi connectivity index (χ0v) is 18.5. The first-order valence-electron chi connectivity index (χ1n) is 9.97. The second kappa shape index (κ2) is 9.88. The van der Waals surface area contributed by atoms with Crippen LogP contribution in [0.1, 0.15) is 22.3 Å². The maximum Gasteiger partial charge on any atom is 0.0238 e. The minimum atomic E-state index is 0.932. The summed E-state index contributed by atoms with van der Waals surface area (Å²) in [6, 6.07) is 30.3. The average molecular weight is 425 g/mol. The van der Waals surface area contributed by atoms with Crippen molar-refractivity contribution in [2.24, 2.45) is 0 Å². The molecule has 4 aromatic carbocycles. The van der Waals surface area contributed by atoms with Crippen LogP contribution < -0.4 is 0 Å². The van der Waals surface area contributed by atoms with Gasteiger partial charge in [0.25, 0.3) is 0 Å². The third-order valence-electron chi connectivity index (χ3n) is 5.07. The highest BCUT2D eigenvalue weighted by Gasteiger charge is 2.09. The van der Waals surface area contributed by atoms with Crippen molar-refractivity contribution in [2.75, 3.05) is 0 Å². The van der Waals surface area contributed by atoms with Crippen molar-refractivity contribution in [1.82, 2.24) is 0 Å². The molecule has 0 aromatic heterocycles. The number of rotatable bonds is 8. The predicted octanol–water partition coefficient (Wildman–Crippen LogP) is 8.71. The smallest absolute Gasteiger partial charge is 0.0238 e. The van der Waals surface area contributed by atoms with Gasteiger partial charge < -0.3 is 0 Å². The lowest BCUT2D eigenvalue weighted by molar-refractivity contribution is 1.36. The van der Waals surface area contributed by atoms with Gasteiger partial charge in [-0.15, -0.1) is 23.5 Å². The molecule has 0 aliphatic heterocycles. The molecule has 0 nitrogen and oxygen atoms in total. The summed E-state index contributed by atoms with van der Waals surface area (Å²) < 4.78 is 0. The fourth-order valence-electron chi connectivity index (χ4n) is 3.50. The molecule has 0 atom stereocenters. The summed E-state index contributed by atoms with van der Waals surface area (Å²) in [7, 11) is 0. The van der Waals surface area contributed by atoms with Crippen molar-refractivity contribution in [3.63, 3.8) is 0 Å². The van der Waals surface area contributed by atoms with Gasteiger partial charge in [-0.3, -0.25) is 0 Å². The Morgan fingerprint density at radius 3 is 2.10 bits per heavy atom. The van der Waals surface area contributed by atoms with Crippen LogP contribution in [0.15, 0.2) is 108 Å². The first-order valence-corrected chi connectivity index (χ1v) is 11.9. The van der Waals surface area contributed by atoms with Crippen molar-refractivity contribution in [3.05, 3.63) is 120 Å². The van der Waals surface area contributed by atoms with Crippen LogP contribution in [0.4, 0.5) is 0 Å². The molecule has 0 heterocycles. The lowest BCUT2D eigenvalue weighted by atomic mass is 10.1. The van der Waals surface area contributed by atoms with Gasteiger partial charge in [0.15, 0.2) is 0 Å². The molecule has 0 saturated carbocycles. The third kappa shape index (κ3) is 4.72. The van der Waals surface area contributed by atoms with Crippen molar-refractivity contribution in [2.45, 2.75) is 21.3 Å². The Balaban J connectivity index is 1.61. The van der Waals surface area contributed by atoms with Gasteiger partial charge in [0.05, 0.1) is 0 Å². The summed E-state index contributed by atoms with van der Waals surface area (Å²) in [5, 5.41) is 2.65. The van der Waals surface area contributed by atoms with Gasteiger partial charge in [0.1, 0.15) is 0 Å². The first kappa shape index (κ1) is 20.6. The Morgan fingerprint density at radius 1 is 0.667 bits per heavy atom. The van der Waals surface area contributed by atoms with Crippen molar-refractivity contribution in [1.29, 1.82) is 0 Å². The fraction of sp³-hybridized carbons (Fsp3) is 0.0714. The quantitative estimate of drug-likeness (QED) is 0.259. The van der Waals surface area contributed by atoms with Crippen LogP contribution >= 0.6 is 23.5 Å². The zero-order chi connectivity index (χ0) is 20.8. The Labute approximate surface area is 187 Å². The van der Waals surface area contributed by atoms with Crippen molar-refractivity contribution < 1.29 is 0 Å². The third-order valence-corrected chi connectivity index (χ3v) is 7.30. The standard InChI is InChI=1S/C28H24S2/c1-3-21-10-7-11-22(18-21)19-29-26-16-8-14-24-15-9-17-27(28(24)26)30-20-25-13-6-5-12-23(25)4-2/h3-18H,1-2,19-20H2. The average Bonchev–Trinajstić information content (AvgIpc) is 2.81. The van der Waals surface area contributed by atoms with Crippen LogP contribution in [-0.2, 0) is 11.5 Å². The minimum Gasteiger partial charge on any atom is -0.121 e. The number of fused-ring (bicyclic) bond motifs is 1. The van der Waals surface area contributed by atoms with Crippen molar-refractivity contribution in [3.8, 4) is 0 Å². The summed E-state index contributed by atoms with van der Waals surface area (Å²) in [6.45, 7) is 7.84. The maximum atomic E-state index is 3.96. The van der Waals surface area contributed by atoms with Gasteiger partial charge in [-0.2, -0.15) is 0 Å². The lowest BCUT2D eigenvalue weighted by Gasteiger charge is -2.12. The maximum absolute atomic E-state index is 3.96. The monoisotopic (exact) mass is 424 g/mol. The molecule has 0 N–H and O–H groups in total. The van der Waals surface area contributed by atoms with E-state index in [1.165, 1.54) is 42.8 Å². The van der Waals surface area contributed by atoms with E-state index in [9.17, 15) is 0 Å². The molecular formula is C28H24S2. The van der Waals surface area contributed by atoms with Crippen LogP contribution in [-0.4, -0.2) is 0 Å². The van der Waals surface area contributed by atoms with Crippen LogP contribution in [0.5, 0.6) is 0 Å². The van der Waals surface area contributed by atoms with E-state index in [1.54, 1.807) is 0 Å². The molecule has 0 amide bonds. The van der Waals surface area contributed by atoms with Gasteiger partial charge in [0.2, 0.25) is 0 Å². The molecule has 0 fully saturated rings. The SMILES string of the molecule is C=Cc1cccc(CSc2cccc3cccc(SCc4ccccc4C=C)c23)c1. The molecule has 4 rings (SSSR count). The molecule has 0 bridgehead atoms. The van der Waals surface area contributed by atoms with E-state index in [0.717, 1.165) is 11.5 Å². The van der Waals surface area contributed by atoms with E-state index in [4.69, 9.17) is 0 Å². The highest BCUT2D eigenvalue weighted by molar-refractivity contribution is 7.99. The normalized spacial score (nSPS) is 10.8. The topological polar surface area (TPSA) is 0 Å². The van der Waals surface area contributed by atoms with E-state index in [0.29, 0.717) is 0 Å². The first-order chi connectivity index (χ1) is 14.8. The largest absolute Gasteiger partial charge is 0.121 e. The van der Waals surface area contributed by atoms with Gasteiger partial charge >= 0.3 is 0 Å². The summed E-state index contributed by atoms with van der Waals surface area (Å²) >= 11 is 3.80. The number of hydrogen-bond acceptors (Lipinski definition) is 2. The number of benzene rings is 4. The summed E-state index contributed by atoms with van der Waals surface area (Å²) in [5.41, 5.74) is 5.02. The van der Waals surface area contributed by atoms with Crippen molar-refractivity contribution >= 4 is 46.4 Å². The van der Waals surface area contributed by atoms with Crippen LogP contribution in [0, 0.1) is 0 Å². The van der Waals surface area contributed by atoms with Gasteiger partial charge in [-0.1, -0.05) is 98.1 Å². The molecule has 0 radical (unpaired) electrons. The Hall–Kier alpha value is -2.68. The number of hydrogen-bond donors (Lipinski definition) is 0. The second-order valence-corrected chi connectivity index (χ2v) is 9.07. The summed E-state index contributed by atoms with van der Waals surface area (Å²) in [4.78, 5) is 2.66. The molecule has 0 aliphatic carbocycles. The van der Waals surface area contributed by atoms with Crippen LogP contribution in [0.25, 0.3) is 22.9 Å². The fourth-order valence-corrected chi connectivity index (χ4v) is 5.74.